The molecule has 4 heteroatoms. The lowest BCUT2D eigenvalue weighted by Gasteiger charge is -2.37. The minimum absolute atomic E-state index is 0.0770. The zero-order valence-corrected chi connectivity index (χ0v) is 9.32. The largest absolute Gasteiger partial charge is 0.283 e. The van der Waals surface area contributed by atoms with Crippen LogP contribution in [0.5, 0.6) is 0 Å². The van der Waals surface area contributed by atoms with Gasteiger partial charge in [-0.3, -0.25) is 4.90 Å². The number of nitrogens with zero attached hydrogens (tertiary/aromatic N) is 1. The van der Waals surface area contributed by atoms with Gasteiger partial charge in [-0.25, -0.2) is 0 Å². The highest BCUT2D eigenvalue weighted by Gasteiger charge is 2.33. The van der Waals surface area contributed by atoms with Crippen LogP contribution in [0, 0.1) is 0 Å². The molecule has 0 aromatic rings. The molecule has 0 aromatic heterocycles. The molecule has 1 aliphatic rings. The Bertz CT molecular complexity index is 141. The number of hydrogen-bond acceptors (Lipinski definition) is 4. The second-order valence-corrected chi connectivity index (χ2v) is 5.83. The van der Waals surface area contributed by atoms with Crippen molar-refractivity contribution in [1.82, 2.24) is 4.90 Å². The van der Waals surface area contributed by atoms with E-state index in [1.807, 2.05) is 28.9 Å². The summed E-state index contributed by atoms with van der Waals surface area (Å²) in [6, 6.07) is 0. The van der Waals surface area contributed by atoms with Crippen molar-refractivity contribution in [3.8, 4) is 0 Å². The van der Waals surface area contributed by atoms with E-state index in [-0.39, 0.29) is 4.20 Å². The highest BCUT2D eigenvalue weighted by molar-refractivity contribution is 8.20. The highest BCUT2D eigenvalue weighted by Crippen LogP contribution is 2.42. The van der Waals surface area contributed by atoms with Gasteiger partial charge in [-0.05, 0) is 32.0 Å². The molecule has 0 N–H and O–H groups in total. The third kappa shape index (κ3) is 2.11. The number of thioether (sulfide) groups is 2. The van der Waals surface area contributed by atoms with E-state index < -0.39 is 0 Å². The van der Waals surface area contributed by atoms with Gasteiger partial charge in [-0.2, -0.15) is 0 Å². The Morgan fingerprint density at radius 3 is 2.18 bits per heavy atom. The minimum atomic E-state index is 0.0770. The summed E-state index contributed by atoms with van der Waals surface area (Å²) in [6.45, 7) is 0. The van der Waals surface area contributed by atoms with Gasteiger partial charge in [0.2, 0.25) is 0 Å². The van der Waals surface area contributed by atoms with Gasteiger partial charge in [-0.1, -0.05) is 12.2 Å². The van der Waals surface area contributed by atoms with Gasteiger partial charge in [0.25, 0.3) is 0 Å². The van der Waals surface area contributed by atoms with E-state index in [0.29, 0.717) is 0 Å². The number of hydrogen-bond donors (Lipinski definition) is 0. The molecule has 0 aliphatic carbocycles. The summed E-state index contributed by atoms with van der Waals surface area (Å²) in [7, 11) is 4.18. The Morgan fingerprint density at radius 2 is 1.91 bits per heavy atom. The molecule has 0 radical (unpaired) electrons. The first-order valence-electron chi connectivity index (χ1n) is 3.63. The maximum Gasteiger partial charge on any atom is 0.143 e. The zero-order chi connectivity index (χ0) is 8.32. The topological polar surface area (TPSA) is 3.24 Å². The Kier molecular flexibility index (Phi) is 3.68. The van der Waals surface area contributed by atoms with Gasteiger partial charge in [0, 0.05) is 5.37 Å². The maximum absolute atomic E-state index is 5.05. The molecule has 0 saturated carbocycles. The Hall–Kier alpha value is 0.750. The summed E-state index contributed by atoms with van der Waals surface area (Å²) >= 11 is 8.95. The molecule has 0 bridgehead atoms. The average molecular weight is 207 g/mol. The first-order valence-corrected chi connectivity index (χ1v) is 6.07. The third-order valence-corrected chi connectivity index (χ3v) is 5.80. The summed E-state index contributed by atoms with van der Waals surface area (Å²) in [5, 5.41) is 1.89. The van der Waals surface area contributed by atoms with Crippen molar-refractivity contribution in [3.63, 3.8) is 0 Å². The molecule has 0 amide bonds. The average Bonchev–Trinajstić information content (AvgIpc) is 2.05. The predicted octanol–water partition coefficient (Wildman–Crippen LogP) is 2.07. The normalized spacial score (nSPS) is 23.5. The van der Waals surface area contributed by atoms with Gasteiger partial charge in [0.15, 0.2) is 0 Å². The first kappa shape index (κ1) is 9.84. The molecule has 0 spiro atoms. The molecule has 1 rings (SSSR count). The van der Waals surface area contributed by atoms with Crippen LogP contribution in [0.2, 0.25) is 0 Å². The predicted molar refractivity (Wildman–Crippen MR) is 59.6 cm³/mol. The summed E-state index contributed by atoms with van der Waals surface area (Å²) in [4.78, 5) is 2.20. The third-order valence-electron chi connectivity index (χ3n) is 1.68. The molecule has 1 saturated heterocycles. The van der Waals surface area contributed by atoms with Crippen LogP contribution < -0.4 is 0 Å². The second-order valence-electron chi connectivity index (χ2n) is 2.69. The number of thiocarbonyl (C=S) groups is 1. The van der Waals surface area contributed by atoms with Gasteiger partial charge in [-0.15, -0.1) is 23.5 Å². The van der Waals surface area contributed by atoms with E-state index in [1.54, 1.807) is 0 Å². The highest BCUT2D eigenvalue weighted by atomic mass is 32.2. The SMILES string of the molecule is CN(C)C1(C=S)SCCCS1. The molecule has 0 atom stereocenters. The van der Waals surface area contributed by atoms with Crippen molar-refractivity contribution < 1.29 is 0 Å². The fourth-order valence-corrected chi connectivity index (χ4v) is 4.42. The van der Waals surface area contributed by atoms with Crippen LogP contribution in [0.3, 0.4) is 0 Å². The van der Waals surface area contributed by atoms with E-state index >= 15 is 0 Å². The zero-order valence-electron chi connectivity index (χ0n) is 6.87. The van der Waals surface area contributed by atoms with Crippen LogP contribution in [-0.4, -0.2) is 40.1 Å². The van der Waals surface area contributed by atoms with Crippen molar-refractivity contribution in [2.75, 3.05) is 25.6 Å². The molecule has 1 nitrogen and oxygen atoms in total. The molecule has 64 valence electrons. The second kappa shape index (κ2) is 4.12. The van der Waals surface area contributed by atoms with E-state index in [2.05, 4.69) is 19.0 Å². The summed E-state index contributed by atoms with van der Waals surface area (Å²) in [6.07, 6.45) is 1.31. The van der Waals surface area contributed by atoms with E-state index in [0.717, 1.165) is 0 Å². The molecular formula is C7H13NS3. The maximum atomic E-state index is 5.05. The van der Waals surface area contributed by atoms with E-state index in [4.69, 9.17) is 12.2 Å². The van der Waals surface area contributed by atoms with Crippen LogP contribution >= 0.6 is 35.7 Å². The lowest BCUT2D eigenvalue weighted by Crippen LogP contribution is -2.41. The molecule has 1 heterocycles. The van der Waals surface area contributed by atoms with Gasteiger partial charge in [0.05, 0.1) is 0 Å². The molecule has 1 aliphatic heterocycles. The lowest BCUT2D eigenvalue weighted by molar-refractivity contribution is 0.421. The molecular weight excluding hydrogens is 194 g/mol. The lowest BCUT2D eigenvalue weighted by atomic mass is 10.6. The molecule has 0 aromatic carbocycles. The van der Waals surface area contributed by atoms with Crippen LogP contribution in [0.15, 0.2) is 0 Å². The van der Waals surface area contributed by atoms with Crippen LogP contribution in [0.4, 0.5) is 0 Å². The Morgan fingerprint density at radius 1 is 1.36 bits per heavy atom. The fourth-order valence-electron chi connectivity index (χ4n) is 0.969. The monoisotopic (exact) mass is 207 g/mol. The smallest absolute Gasteiger partial charge is 0.143 e. The quantitative estimate of drug-likeness (QED) is 0.637. The van der Waals surface area contributed by atoms with Crippen LogP contribution in [-0.2, 0) is 0 Å². The summed E-state index contributed by atoms with van der Waals surface area (Å²) < 4.78 is 0.0770. The van der Waals surface area contributed by atoms with Crippen LogP contribution in [0.1, 0.15) is 6.42 Å². The van der Waals surface area contributed by atoms with Crippen molar-refractivity contribution in [3.05, 3.63) is 0 Å². The first-order chi connectivity index (χ1) is 5.21. The number of rotatable bonds is 2. The fraction of sp³-hybridized carbons (Fsp3) is 0.857. The minimum Gasteiger partial charge on any atom is -0.283 e. The molecule has 11 heavy (non-hydrogen) atoms. The summed E-state index contributed by atoms with van der Waals surface area (Å²) in [5.41, 5.74) is 0. The Balaban J connectivity index is 2.64. The van der Waals surface area contributed by atoms with Crippen molar-refractivity contribution in [2.24, 2.45) is 0 Å². The molecule has 1 fully saturated rings. The van der Waals surface area contributed by atoms with E-state index in [1.165, 1.54) is 17.9 Å². The Labute approximate surface area is 82.3 Å². The van der Waals surface area contributed by atoms with E-state index in [9.17, 15) is 0 Å². The van der Waals surface area contributed by atoms with Gasteiger partial charge < -0.3 is 0 Å². The molecule has 0 unspecified atom stereocenters. The summed E-state index contributed by atoms with van der Waals surface area (Å²) in [5.74, 6) is 2.47. The van der Waals surface area contributed by atoms with Gasteiger partial charge >= 0.3 is 0 Å². The standard InChI is InChI=1S/C7H13NS3/c1-8(2)7(6-9)10-4-3-5-11-7/h6H,3-5H2,1-2H3. The van der Waals surface area contributed by atoms with Crippen molar-refractivity contribution in [1.29, 1.82) is 0 Å². The van der Waals surface area contributed by atoms with Gasteiger partial charge in [0.1, 0.15) is 4.20 Å². The van der Waals surface area contributed by atoms with Crippen molar-refractivity contribution in [2.45, 2.75) is 10.6 Å². The van der Waals surface area contributed by atoms with Crippen molar-refractivity contribution >= 4 is 41.1 Å². The van der Waals surface area contributed by atoms with Crippen LogP contribution in [0.25, 0.3) is 0 Å².